The Kier molecular flexibility index (Phi) is 5.43. The number of hydrogen-bond donors (Lipinski definition) is 0. The van der Waals surface area contributed by atoms with Gasteiger partial charge in [-0.05, 0) is 51.2 Å². The largest absolute Gasteiger partial charge is 0.339 e. The first kappa shape index (κ1) is 19.7. The maximum absolute atomic E-state index is 13.0. The molecular formula is C23H30N4O2. The summed E-state index contributed by atoms with van der Waals surface area (Å²) in [5.74, 6) is 0.661. The second-order valence-electron chi connectivity index (χ2n) is 8.61. The van der Waals surface area contributed by atoms with Crippen molar-refractivity contribution in [1.82, 2.24) is 19.6 Å². The van der Waals surface area contributed by atoms with E-state index in [1.54, 1.807) is 4.68 Å². The van der Waals surface area contributed by atoms with Crippen LogP contribution in [0.25, 0.3) is 0 Å². The second kappa shape index (κ2) is 8.01. The number of nitrogens with zero attached hydrogens (tertiary/aromatic N) is 4. The molecule has 0 radical (unpaired) electrons. The molecule has 6 nitrogen and oxygen atoms in total. The van der Waals surface area contributed by atoms with Gasteiger partial charge in [-0.15, -0.1) is 0 Å². The number of fused-ring (bicyclic) bond motifs is 1. The Bertz CT molecular complexity index is 902. The zero-order valence-corrected chi connectivity index (χ0v) is 17.6. The van der Waals surface area contributed by atoms with Crippen LogP contribution >= 0.6 is 0 Å². The zero-order valence-electron chi connectivity index (χ0n) is 17.6. The van der Waals surface area contributed by atoms with Crippen LogP contribution < -0.4 is 0 Å². The topological polar surface area (TPSA) is 58.4 Å². The molecule has 3 heterocycles. The Morgan fingerprint density at radius 2 is 1.90 bits per heavy atom. The predicted molar refractivity (Wildman–Crippen MR) is 111 cm³/mol. The molecule has 29 heavy (non-hydrogen) atoms. The molecule has 2 aromatic rings. The minimum atomic E-state index is 0.0898. The van der Waals surface area contributed by atoms with Crippen LogP contribution in [-0.4, -0.2) is 50.5 Å². The van der Waals surface area contributed by atoms with Gasteiger partial charge in [0.25, 0.3) is 0 Å². The van der Waals surface area contributed by atoms with E-state index in [4.69, 9.17) is 0 Å². The Hall–Kier alpha value is -2.63. The van der Waals surface area contributed by atoms with Gasteiger partial charge in [-0.2, -0.15) is 5.10 Å². The van der Waals surface area contributed by atoms with Gasteiger partial charge < -0.3 is 9.80 Å². The maximum Gasteiger partial charge on any atom is 0.244 e. The highest BCUT2D eigenvalue weighted by Crippen LogP contribution is 2.32. The van der Waals surface area contributed by atoms with E-state index in [0.29, 0.717) is 25.4 Å². The number of likely N-dealkylation sites (tertiary alicyclic amines) is 2. The van der Waals surface area contributed by atoms with Crippen LogP contribution in [-0.2, 0) is 22.7 Å². The van der Waals surface area contributed by atoms with Gasteiger partial charge in [0.1, 0.15) is 6.54 Å². The molecule has 0 unspecified atom stereocenters. The summed E-state index contributed by atoms with van der Waals surface area (Å²) in [5, 5.41) is 4.42. The summed E-state index contributed by atoms with van der Waals surface area (Å²) in [5.41, 5.74) is 4.30. The maximum atomic E-state index is 13.0. The summed E-state index contributed by atoms with van der Waals surface area (Å²) < 4.78 is 1.78. The molecule has 154 valence electrons. The first-order valence-electron chi connectivity index (χ1n) is 10.5. The van der Waals surface area contributed by atoms with Crippen molar-refractivity contribution in [3.05, 3.63) is 52.8 Å². The third kappa shape index (κ3) is 4.21. The standard InChI is InChI=1S/C23H30N4O2/c1-16-7-9-19(10-8-16)12-26-21-14-25(13-20(21)5-4-6-22(26)28)23(29)15-27-18(3)11-17(2)24-27/h7-11,20-21H,4-6,12-15H2,1-3H3/t20-,21+/m1/s1. The van der Waals surface area contributed by atoms with Crippen molar-refractivity contribution < 1.29 is 9.59 Å². The molecule has 0 aliphatic carbocycles. The van der Waals surface area contributed by atoms with Gasteiger partial charge in [0.15, 0.2) is 0 Å². The van der Waals surface area contributed by atoms with E-state index in [2.05, 4.69) is 36.3 Å². The molecule has 0 spiro atoms. The van der Waals surface area contributed by atoms with Gasteiger partial charge in [0.2, 0.25) is 11.8 Å². The van der Waals surface area contributed by atoms with E-state index in [1.165, 1.54) is 5.56 Å². The fourth-order valence-corrected chi connectivity index (χ4v) is 4.70. The summed E-state index contributed by atoms with van der Waals surface area (Å²) in [7, 11) is 0. The highest BCUT2D eigenvalue weighted by molar-refractivity contribution is 5.78. The number of carbonyl (C=O) groups excluding carboxylic acids is 2. The average molecular weight is 395 g/mol. The summed E-state index contributed by atoms with van der Waals surface area (Å²) in [6.45, 7) is 8.24. The average Bonchev–Trinajstić information content (AvgIpc) is 3.20. The highest BCUT2D eigenvalue weighted by Gasteiger charge is 2.41. The van der Waals surface area contributed by atoms with Crippen LogP contribution in [0.15, 0.2) is 30.3 Å². The van der Waals surface area contributed by atoms with Gasteiger partial charge in [-0.3, -0.25) is 14.3 Å². The van der Waals surface area contributed by atoms with Gasteiger partial charge in [-0.1, -0.05) is 29.8 Å². The third-order valence-electron chi connectivity index (χ3n) is 6.31. The van der Waals surface area contributed by atoms with Crippen molar-refractivity contribution in [1.29, 1.82) is 0 Å². The summed E-state index contributed by atoms with van der Waals surface area (Å²) in [4.78, 5) is 29.8. The van der Waals surface area contributed by atoms with E-state index in [1.807, 2.05) is 29.7 Å². The van der Waals surface area contributed by atoms with Gasteiger partial charge in [-0.25, -0.2) is 0 Å². The summed E-state index contributed by atoms with van der Waals surface area (Å²) in [6.07, 6.45) is 2.52. The van der Waals surface area contributed by atoms with Crippen LogP contribution in [0.4, 0.5) is 0 Å². The van der Waals surface area contributed by atoms with Crippen LogP contribution in [0, 0.1) is 26.7 Å². The molecule has 2 aliphatic rings. The van der Waals surface area contributed by atoms with Crippen molar-refractivity contribution in [2.75, 3.05) is 13.1 Å². The Morgan fingerprint density at radius 3 is 2.59 bits per heavy atom. The second-order valence-corrected chi connectivity index (χ2v) is 8.61. The van der Waals surface area contributed by atoms with Crippen LogP contribution in [0.5, 0.6) is 0 Å². The molecule has 6 heteroatoms. The molecule has 2 saturated heterocycles. The number of aromatic nitrogens is 2. The number of rotatable bonds is 4. The summed E-state index contributed by atoms with van der Waals surface area (Å²) >= 11 is 0. The van der Waals surface area contributed by atoms with Crippen LogP contribution in [0.3, 0.4) is 0 Å². The van der Waals surface area contributed by atoms with Crippen LogP contribution in [0.2, 0.25) is 0 Å². The summed E-state index contributed by atoms with van der Waals surface area (Å²) in [6, 6.07) is 10.5. The van der Waals surface area contributed by atoms with Crippen LogP contribution in [0.1, 0.15) is 41.8 Å². The van der Waals surface area contributed by atoms with E-state index < -0.39 is 0 Å². The normalized spacial score (nSPS) is 22.0. The fraction of sp³-hybridized carbons (Fsp3) is 0.522. The van der Waals surface area contributed by atoms with E-state index in [9.17, 15) is 9.59 Å². The Balaban J connectivity index is 1.48. The number of benzene rings is 1. The first-order chi connectivity index (χ1) is 13.9. The third-order valence-corrected chi connectivity index (χ3v) is 6.31. The minimum absolute atomic E-state index is 0.0898. The van der Waals surface area contributed by atoms with Crippen molar-refractivity contribution >= 4 is 11.8 Å². The Labute approximate surface area is 172 Å². The van der Waals surface area contributed by atoms with Crippen molar-refractivity contribution in [3.63, 3.8) is 0 Å². The molecule has 0 saturated carbocycles. The van der Waals surface area contributed by atoms with E-state index in [-0.39, 0.29) is 24.4 Å². The van der Waals surface area contributed by atoms with Crippen molar-refractivity contribution in [2.24, 2.45) is 5.92 Å². The molecule has 2 amide bonds. The molecule has 4 rings (SSSR count). The lowest BCUT2D eigenvalue weighted by atomic mass is 9.98. The van der Waals surface area contributed by atoms with E-state index >= 15 is 0 Å². The zero-order chi connectivity index (χ0) is 20.5. The molecule has 2 aliphatic heterocycles. The lowest BCUT2D eigenvalue weighted by Crippen LogP contribution is -2.43. The minimum Gasteiger partial charge on any atom is -0.339 e. The SMILES string of the molecule is Cc1ccc(CN2C(=O)CCC[C@@H]3CN(C(=O)Cn4nc(C)cc4C)C[C@@H]32)cc1. The molecule has 1 aromatic heterocycles. The van der Waals surface area contributed by atoms with Crippen molar-refractivity contribution in [3.8, 4) is 0 Å². The van der Waals surface area contributed by atoms with Crippen molar-refractivity contribution in [2.45, 2.75) is 59.2 Å². The smallest absolute Gasteiger partial charge is 0.244 e. The first-order valence-corrected chi connectivity index (χ1v) is 10.5. The number of aryl methyl sites for hydroxylation is 3. The number of carbonyl (C=O) groups is 2. The molecule has 0 N–H and O–H groups in total. The fourth-order valence-electron chi connectivity index (χ4n) is 4.70. The van der Waals surface area contributed by atoms with Gasteiger partial charge in [0, 0.05) is 31.7 Å². The molecule has 1 aromatic carbocycles. The quantitative estimate of drug-likeness (QED) is 0.801. The number of hydrogen-bond acceptors (Lipinski definition) is 3. The van der Waals surface area contributed by atoms with E-state index in [0.717, 1.165) is 36.3 Å². The molecular weight excluding hydrogens is 364 g/mol. The Morgan fingerprint density at radius 1 is 1.14 bits per heavy atom. The number of amides is 2. The molecule has 2 atom stereocenters. The van der Waals surface area contributed by atoms with Gasteiger partial charge >= 0.3 is 0 Å². The lowest BCUT2D eigenvalue weighted by molar-refractivity contribution is -0.135. The highest BCUT2D eigenvalue weighted by atomic mass is 16.2. The molecule has 0 bridgehead atoms. The predicted octanol–water partition coefficient (Wildman–Crippen LogP) is 2.85. The van der Waals surface area contributed by atoms with Gasteiger partial charge in [0.05, 0.1) is 11.7 Å². The monoisotopic (exact) mass is 394 g/mol. The molecule has 2 fully saturated rings. The lowest BCUT2D eigenvalue weighted by Gasteiger charge is -2.30.